The minimum atomic E-state index is -0.0243. The fraction of sp³-hybridized carbons (Fsp3) is 0.348. The lowest BCUT2D eigenvalue weighted by molar-refractivity contribution is 0.0943. The fourth-order valence-electron chi connectivity index (χ4n) is 3.19. The number of hydrogen-bond acceptors (Lipinski definition) is 6. The highest BCUT2D eigenvalue weighted by Gasteiger charge is 2.22. The van der Waals surface area contributed by atoms with Crippen molar-refractivity contribution >= 4 is 17.6 Å². The van der Waals surface area contributed by atoms with Gasteiger partial charge in [-0.1, -0.05) is 32.2 Å². The van der Waals surface area contributed by atoms with E-state index in [2.05, 4.69) is 20.1 Å². The minimum Gasteiger partial charge on any atom is -0.489 e. The molecule has 0 saturated carbocycles. The first kappa shape index (κ1) is 22.9. The zero-order valence-electron chi connectivity index (χ0n) is 16.8. The van der Waals surface area contributed by atoms with Gasteiger partial charge in [-0.05, 0) is 35.4 Å². The van der Waals surface area contributed by atoms with Gasteiger partial charge in [0.1, 0.15) is 24.7 Å². The first-order valence-electron chi connectivity index (χ1n) is 9.59. The largest absolute Gasteiger partial charge is 0.489 e. The summed E-state index contributed by atoms with van der Waals surface area (Å²) in [5, 5.41) is 10.9. The lowest BCUT2D eigenvalue weighted by atomic mass is 9.90. The maximum Gasteiger partial charge on any atom is 0.160 e. The maximum absolute atomic E-state index is 11.6. The van der Waals surface area contributed by atoms with Gasteiger partial charge in [-0.15, -0.1) is 11.3 Å². The summed E-state index contributed by atoms with van der Waals surface area (Å²) in [6, 6.07) is 3.82. The molecule has 0 amide bonds. The van der Waals surface area contributed by atoms with Crippen molar-refractivity contribution in [2.75, 3.05) is 33.0 Å². The Labute approximate surface area is 176 Å². The summed E-state index contributed by atoms with van der Waals surface area (Å²) in [6.45, 7) is 10.9. The predicted molar refractivity (Wildman–Crippen MR) is 118 cm³/mol. The molecule has 1 aromatic heterocycles. The maximum atomic E-state index is 11.6. The minimum absolute atomic E-state index is 0.0243. The Morgan fingerprint density at radius 2 is 1.83 bits per heavy atom. The molecule has 5 nitrogen and oxygen atoms in total. The van der Waals surface area contributed by atoms with Crippen LogP contribution in [0.4, 0.5) is 0 Å². The number of ether oxygens (including phenoxy) is 3. The molecule has 0 spiro atoms. The van der Waals surface area contributed by atoms with Gasteiger partial charge in [-0.25, -0.2) is 0 Å². The number of thiophene rings is 1. The molecule has 156 valence electrons. The third-order valence-corrected chi connectivity index (χ3v) is 5.18. The molecule has 1 aromatic carbocycles. The van der Waals surface area contributed by atoms with Crippen LogP contribution in [0.2, 0.25) is 0 Å². The molecule has 2 rings (SSSR count). The molecule has 0 saturated heterocycles. The van der Waals surface area contributed by atoms with Gasteiger partial charge in [0.15, 0.2) is 6.29 Å². The van der Waals surface area contributed by atoms with Crippen molar-refractivity contribution in [2.24, 2.45) is 0 Å². The molecule has 1 heterocycles. The van der Waals surface area contributed by atoms with E-state index in [1.54, 1.807) is 12.2 Å². The summed E-state index contributed by atoms with van der Waals surface area (Å²) in [6.07, 6.45) is 5.60. The van der Waals surface area contributed by atoms with Crippen LogP contribution in [0.3, 0.4) is 0 Å². The zero-order chi connectivity index (χ0) is 21.1. The summed E-state index contributed by atoms with van der Waals surface area (Å²) < 4.78 is 17.4. The Morgan fingerprint density at radius 3 is 2.45 bits per heavy atom. The molecule has 0 atom stereocenters. The van der Waals surface area contributed by atoms with E-state index >= 15 is 0 Å². The SMILES string of the molecule is C=CCOc1cc(OCC=C)c(-c2ccsc2C=O)c(CCOCCO)c1CC. The van der Waals surface area contributed by atoms with E-state index in [1.165, 1.54) is 11.3 Å². The van der Waals surface area contributed by atoms with Crippen LogP contribution in [0.5, 0.6) is 11.5 Å². The van der Waals surface area contributed by atoms with Crippen LogP contribution >= 0.6 is 11.3 Å². The van der Waals surface area contributed by atoms with Crippen molar-refractivity contribution in [1.29, 1.82) is 0 Å². The van der Waals surface area contributed by atoms with E-state index in [0.717, 1.165) is 40.7 Å². The Bertz CT molecular complexity index is 825. The first-order chi connectivity index (χ1) is 14.2. The second-order valence-electron chi connectivity index (χ2n) is 6.16. The van der Waals surface area contributed by atoms with Gasteiger partial charge < -0.3 is 19.3 Å². The lowest BCUT2D eigenvalue weighted by Crippen LogP contribution is -2.10. The number of hydrogen-bond donors (Lipinski definition) is 1. The molecule has 0 aliphatic heterocycles. The first-order valence-corrected chi connectivity index (χ1v) is 10.5. The molecule has 6 heteroatoms. The Kier molecular flexibility index (Phi) is 9.64. The molecule has 0 bridgehead atoms. The average Bonchev–Trinajstić information content (AvgIpc) is 3.21. The third-order valence-electron chi connectivity index (χ3n) is 4.34. The molecule has 0 radical (unpaired) electrons. The van der Waals surface area contributed by atoms with Crippen molar-refractivity contribution < 1.29 is 24.1 Å². The average molecular weight is 417 g/mol. The molecular weight excluding hydrogens is 388 g/mol. The summed E-state index contributed by atoms with van der Waals surface area (Å²) >= 11 is 1.40. The van der Waals surface area contributed by atoms with Gasteiger partial charge in [0.2, 0.25) is 0 Å². The quantitative estimate of drug-likeness (QED) is 0.280. The monoisotopic (exact) mass is 416 g/mol. The second-order valence-corrected chi connectivity index (χ2v) is 7.11. The van der Waals surface area contributed by atoms with E-state index in [0.29, 0.717) is 36.9 Å². The fourth-order valence-corrected chi connectivity index (χ4v) is 3.89. The topological polar surface area (TPSA) is 65.0 Å². The van der Waals surface area contributed by atoms with Gasteiger partial charge >= 0.3 is 0 Å². The standard InChI is InChI=1S/C23H28O5S/c1-4-10-27-20-15-21(28-11-5-2)23(19-8-14-29-22(19)16-25)18(17(20)6-3)7-12-26-13-9-24/h4-5,8,14-16,24H,1-2,6-7,9-13H2,3H3. The van der Waals surface area contributed by atoms with Gasteiger partial charge in [-0.2, -0.15) is 0 Å². The number of aliphatic hydroxyl groups is 1. The van der Waals surface area contributed by atoms with E-state index in [4.69, 9.17) is 19.3 Å². The molecule has 0 unspecified atom stereocenters. The van der Waals surface area contributed by atoms with Crippen molar-refractivity contribution in [3.05, 3.63) is 58.8 Å². The molecule has 1 N–H and O–H groups in total. The van der Waals surface area contributed by atoms with Gasteiger partial charge in [0, 0.05) is 17.2 Å². The normalized spacial score (nSPS) is 10.6. The van der Waals surface area contributed by atoms with E-state index in [1.807, 2.05) is 17.5 Å². The molecule has 2 aromatic rings. The Morgan fingerprint density at radius 1 is 1.10 bits per heavy atom. The van der Waals surface area contributed by atoms with Crippen LogP contribution in [-0.2, 0) is 17.6 Å². The van der Waals surface area contributed by atoms with Crippen molar-refractivity contribution in [2.45, 2.75) is 19.8 Å². The van der Waals surface area contributed by atoms with Crippen molar-refractivity contribution in [1.82, 2.24) is 0 Å². The number of benzene rings is 1. The molecular formula is C23H28O5S. The van der Waals surface area contributed by atoms with Gasteiger partial charge in [0.25, 0.3) is 0 Å². The van der Waals surface area contributed by atoms with Crippen molar-refractivity contribution in [3.63, 3.8) is 0 Å². The summed E-state index contributed by atoms with van der Waals surface area (Å²) in [4.78, 5) is 12.3. The number of aliphatic hydroxyl groups excluding tert-OH is 1. The molecule has 29 heavy (non-hydrogen) atoms. The van der Waals surface area contributed by atoms with E-state index in [9.17, 15) is 4.79 Å². The van der Waals surface area contributed by atoms with Crippen molar-refractivity contribution in [3.8, 4) is 22.6 Å². The molecule has 0 aliphatic rings. The summed E-state index contributed by atoms with van der Waals surface area (Å²) in [7, 11) is 0. The Hall–Kier alpha value is -2.41. The summed E-state index contributed by atoms with van der Waals surface area (Å²) in [5.74, 6) is 1.37. The summed E-state index contributed by atoms with van der Waals surface area (Å²) in [5.41, 5.74) is 3.79. The van der Waals surface area contributed by atoms with Crippen LogP contribution < -0.4 is 9.47 Å². The zero-order valence-corrected chi connectivity index (χ0v) is 17.6. The Balaban J connectivity index is 2.67. The van der Waals surface area contributed by atoms with E-state index in [-0.39, 0.29) is 13.2 Å². The molecule has 0 aliphatic carbocycles. The number of aldehydes is 1. The second kappa shape index (κ2) is 12.2. The highest BCUT2D eigenvalue weighted by molar-refractivity contribution is 7.12. The predicted octanol–water partition coefficient (Wildman–Crippen LogP) is 4.47. The van der Waals surface area contributed by atoms with Crippen LogP contribution in [-0.4, -0.2) is 44.4 Å². The third kappa shape index (κ3) is 5.79. The highest BCUT2D eigenvalue weighted by Crippen LogP contribution is 2.43. The highest BCUT2D eigenvalue weighted by atomic mass is 32.1. The lowest BCUT2D eigenvalue weighted by Gasteiger charge is -2.22. The number of rotatable bonds is 14. The van der Waals surface area contributed by atoms with Gasteiger partial charge in [-0.3, -0.25) is 4.79 Å². The van der Waals surface area contributed by atoms with Crippen LogP contribution in [0.25, 0.3) is 11.1 Å². The van der Waals surface area contributed by atoms with Gasteiger partial charge in [0.05, 0.1) is 24.7 Å². The van der Waals surface area contributed by atoms with Crippen LogP contribution in [0, 0.1) is 0 Å². The van der Waals surface area contributed by atoms with E-state index < -0.39 is 0 Å². The van der Waals surface area contributed by atoms with Crippen LogP contribution in [0.15, 0.2) is 42.8 Å². The van der Waals surface area contributed by atoms with Crippen LogP contribution in [0.1, 0.15) is 27.7 Å². The smallest absolute Gasteiger partial charge is 0.160 e. The number of carbonyl (C=O) groups excluding carboxylic acids is 1. The molecule has 0 fully saturated rings. The number of carbonyl (C=O) groups is 1.